The first-order chi connectivity index (χ1) is 10.1. The van der Waals surface area contributed by atoms with Crippen LogP contribution >= 0.6 is 0 Å². The van der Waals surface area contributed by atoms with Gasteiger partial charge in [0.1, 0.15) is 6.10 Å². The van der Waals surface area contributed by atoms with E-state index in [1.54, 1.807) is 6.92 Å². The molecule has 0 aromatic heterocycles. The molecule has 112 valence electrons. The lowest BCUT2D eigenvalue weighted by Crippen LogP contribution is -2.35. The number of fused-ring (bicyclic) bond motifs is 2. The number of ether oxygens (including phenoxy) is 1. The van der Waals surface area contributed by atoms with Crippen molar-refractivity contribution in [1.82, 2.24) is 0 Å². The van der Waals surface area contributed by atoms with E-state index in [0.717, 1.165) is 12.8 Å². The Morgan fingerprint density at radius 2 is 1.90 bits per heavy atom. The second kappa shape index (κ2) is 5.67. The highest BCUT2D eigenvalue weighted by Crippen LogP contribution is 2.50. The van der Waals surface area contributed by atoms with Crippen LogP contribution in [-0.4, -0.2) is 5.97 Å². The lowest BCUT2D eigenvalue weighted by molar-refractivity contribution is -0.145. The van der Waals surface area contributed by atoms with Crippen LogP contribution in [0.25, 0.3) is 0 Å². The van der Waals surface area contributed by atoms with Gasteiger partial charge in [0.15, 0.2) is 0 Å². The van der Waals surface area contributed by atoms with E-state index < -0.39 is 0 Å². The Balaban J connectivity index is 1.92. The molecule has 0 N–H and O–H groups in total. The quantitative estimate of drug-likeness (QED) is 0.573. The molecule has 0 radical (unpaired) electrons. The van der Waals surface area contributed by atoms with Crippen LogP contribution in [0.5, 0.6) is 0 Å². The summed E-state index contributed by atoms with van der Waals surface area (Å²) in [5, 5.41) is 0. The maximum absolute atomic E-state index is 11.9. The number of benzene rings is 1. The molecular weight excluding hydrogens is 260 g/mol. The van der Waals surface area contributed by atoms with E-state index in [-0.39, 0.29) is 12.1 Å². The molecule has 0 aliphatic heterocycles. The maximum atomic E-state index is 11.9. The molecule has 1 aromatic carbocycles. The minimum atomic E-state index is -0.269. The third-order valence-electron chi connectivity index (χ3n) is 5.17. The van der Waals surface area contributed by atoms with E-state index in [1.807, 2.05) is 0 Å². The fraction of sp³-hybridized carbons (Fsp3) is 0.526. The Bertz CT molecular complexity index is 552. The average molecular weight is 284 g/mol. The summed E-state index contributed by atoms with van der Waals surface area (Å²) < 4.78 is 5.67. The molecule has 0 bridgehead atoms. The van der Waals surface area contributed by atoms with Crippen molar-refractivity contribution in [2.24, 2.45) is 0 Å². The van der Waals surface area contributed by atoms with Crippen LogP contribution in [0.1, 0.15) is 69.1 Å². The molecule has 1 unspecified atom stereocenters. The molecule has 1 fully saturated rings. The molecule has 21 heavy (non-hydrogen) atoms. The Kier molecular flexibility index (Phi) is 3.88. The van der Waals surface area contributed by atoms with Crippen molar-refractivity contribution in [2.45, 2.75) is 63.4 Å². The molecule has 1 aromatic rings. The minimum Gasteiger partial charge on any atom is -0.454 e. The standard InChI is InChI=1S/C19H24O2/c1-14(2)18(20)21-17-10-13-19(11-6-3-7-12-19)16-9-5-4-8-15(16)17/h4-5,8-9,17H,1,3,6-7,10-13H2,2H3. The summed E-state index contributed by atoms with van der Waals surface area (Å²) in [6.07, 6.45) is 8.55. The van der Waals surface area contributed by atoms with Gasteiger partial charge in [-0.2, -0.15) is 0 Å². The zero-order valence-corrected chi connectivity index (χ0v) is 12.9. The van der Waals surface area contributed by atoms with Crippen LogP contribution in [0.2, 0.25) is 0 Å². The molecule has 0 heterocycles. The predicted molar refractivity (Wildman–Crippen MR) is 84.1 cm³/mol. The highest BCUT2D eigenvalue weighted by Gasteiger charge is 2.41. The van der Waals surface area contributed by atoms with Crippen molar-refractivity contribution in [2.75, 3.05) is 0 Å². The number of hydrogen-bond acceptors (Lipinski definition) is 2. The van der Waals surface area contributed by atoms with Crippen molar-refractivity contribution in [3.63, 3.8) is 0 Å². The van der Waals surface area contributed by atoms with Crippen LogP contribution in [0, 0.1) is 0 Å². The van der Waals surface area contributed by atoms with Crippen LogP contribution in [0.4, 0.5) is 0 Å². The number of rotatable bonds is 2. The lowest BCUT2D eigenvalue weighted by Gasteiger charge is -2.44. The summed E-state index contributed by atoms with van der Waals surface area (Å²) in [6, 6.07) is 8.57. The normalized spacial score (nSPS) is 23.4. The molecule has 3 rings (SSSR count). The van der Waals surface area contributed by atoms with Gasteiger partial charge in [-0.1, -0.05) is 50.1 Å². The topological polar surface area (TPSA) is 26.3 Å². The van der Waals surface area contributed by atoms with E-state index in [0.29, 0.717) is 11.0 Å². The predicted octanol–water partition coefficient (Wildman–Crippen LogP) is 4.84. The van der Waals surface area contributed by atoms with Gasteiger partial charge < -0.3 is 4.74 Å². The molecular formula is C19H24O2. The number of hydrogen-bond donors (Lipinski definition) is 0. The van der Waals surface area contributed by atoms with E-state index in [4.69, 9.17) is 4.74 Å². The van der Waals surface area contributed by atoms with Crippen molar-refractivity contribution in [1.29, 1.82) is 0 Å². The molecule has 1 atom stereocenters. The second-order valence-electron chi connectivity index (χ2n) is 6.64. The molecule has 2 nitrogen and oxygen atoms in total. The Morgan fingerprint density at radius 3 is 2.62 bits per heavy atom. The first-order valence-electron chi connectivity index (χ1n) is 8.08. The monoisotopic (exact) mass is 284 g/mol. The zero-order chi connectivity index (χ0) is 14.9. The summed E-state index contributed by atoms with van der Waals surface area (Å²) in [7, 11) is 0. The fourth-order valence-electron chi connectivity index (χ4n) is 4.06. The van der Waals surface area contributed by atoms with Gasteiger partial charge in [0.25, 0.3) is 0 Å². The summed E-state index contributed by atoms with van der Waals surface area (Å²) in [5.74, 6) is -0.269. The highest BCUT2D eigenvalue weighted by atomic mass is 16.5. The third-order valence-corrected chi connectivity index (χ3v) is 5.17. The number of carbonyl (C=O) groups is 1. The Labute approximate surface area is 127 Å². The summed E-state index contributed by atoms with van der Waals surface area (Å²) in [6.45, 7) is 5.39. The van der Waals surface area contributed by atoms with Gasteiger partial charge in [0.2, 0.25) is 0 Å². The van der Waals surface area contributed by atoms with Gasteiger partial charge >= 0.3 is 5.97 Å². The number of carbonyl (C=O) groups excluding carboxylic acids is 1. The minimum absolute atomic E-state index is 0.0991. The summed E-state index contributed by atoms with van der Waals surface area (Å²) >= 11 is 0. The molecule has 1 spiro atoms. The summed E-state index contributed by atoms with van der Waals surface area (Å²) in [5.41, 5.74) is 3.46. The van der Waals surface area contributed by atoms with Gasteiger partial charge in [0.05, 0.1) is 0 Å². The van der Waals surface area contributed by atoms with Crippen molar-refractivity contribution >= 4 is 5.97 Å². The largest absolute Gasteiger partial charge is 0.454 e. The van der Waals surface area contributed by atoms with Crippen LogP contribution < -0.4 is 0 Å². The fourth-order valence-corrected chi connectivity index (χ4v) is 4.06. The van der Waals surface area contributed by atoms with E-state index in [9.17, 15) is 4.79 Å². The average Bonchev–Trinajstić information content (AvgIpc) is 2.51. The van der Waals surface area contributed by atoms with Gasteiger partial charge in [-0.15, -0.1) is 0 Å². The molecule has 1 saturated carbocycles. The smallest absolute Gasteiger partial charge is 0.333 e. The van der Waals surface area contributed by atoms with Crippen molar-refractivity contribution in [3.8, 4) is 0 Å². The highest BCUT2D eigenvalue weighted by molar-refractivity contribution is 5.87. The second-order valence-corrected chi connectivity index (χ2v) is 6.64. The first-order valence-corrected chi connectivity index (χ1v) is 8.08. The van der Waals surface area contributed by atoms with E-state index >= 15 is 0 Å². The van der Waals surface area contributed by atoms with Crippen LogP contribution in [0.3, 0.4) is 0 Å². The Hall–Kier alpha value is -1.57. The Morgan fingerprint density at radius 1 is 1.19 bits per heavy atom. The lowest BCUT2D eigenvalue weighted by atomic mass is 9.62. The van der Waals surface area contributed by atoms with Gasteiger partial charge in [-0.05, 0) is 49.1 Å². The first kappa shape index (κ1) is 14.4. The van der Waals surface area contributed by atoms with Crippen molar-refractivity contribution < 1.29 is 9.53 Å². The molecule has 2 aliphatic carbocycles. The SMILES string of the molecule is C=C(C)C(=O)OC1CCC2(CCCCC2)c2ccccc21. The van der Waals surface area contributed by atoms with E-state index in [2.05, 4.69) is 30.8 Å². The van der Waals surface area contributed by atoms with Gasteiger partial charge in [-0.25, -0.2) is 4.79 Å². The zero-order valence-electron chi connectivity index (χ0n) is 12.9. The third kappa shape index (κ3) is 2.64. The van der Waals surface area contributed by atoms with Crippen LogP contribution in [0.15, 0.2) is 36.4 Å². The molecule has 2 aliphatic rings. The summed E-state index contributed by atoms with van der Waals surface area (Å²) in [4.78, 5) is 11.9. The van der Waals surface area contributed by atoms with Gasteiger partial charge in [-0.3, -0.25) is 0 Å². The molecule has 2 heteroatoms. The van der Waals surface area contributed by atoms with Crippen molar-refractivity contribution in [3.05, 3.63) is 47.5 Å². The maximum Gasteiger partial charge on any atom is 0.333 e. The van der Waals surface area contributed by atoms with Gasteiger partial charge in [0, 0.05) is 5.57 Å². The molecule has 0 amide bonds. The molecule has 0 saturated heterocycles. The van der Waals surface area contributed by atoms with Crippen LogP contribution in [-0.2, 0) is 14.9 Å². The van der Waals surface area contributed by atoms with E-state index in [1.165, 1.54) is 43.2 Å². The number of esters is 1.